The molecule has 0 bridgehead atoms. The van der Waals surface area contributed by atoms with Crippen molar-refractivity contribution in [1.29, 1.82) is 0 Å². The SMILES string of the molecule is c1ccc(-c2ccc(-c3nc(-c4cccc(-c5ccccc5)c4)nc(-c4ccccc4-c4ccc5cc(-c6ccc7ccccc7c6)ccc5c4)n3)cc2)cc1. The molecule has 0 fully saturated rings. The van der Waals surface area contributed by atoms with Crippen molar-refractivity contribution in [2.45, 2.75) is 0 Å². The van der Waals surface area contributed by atoms with Gasteiger partial charge in [-0.25, -0.2) is 15.0 Å². The first-order valence-corrected chi connectivity index (χ1v) is 18.9. The van der Waals surface area contributed by atoms with E-state index in [4.69, 9.17) is 15.0 Å². The average Bonchev–Trinajstić information content (AvgIpc) is 3.29. The second kappa shape index (κ2) is 14.4. The lowest BCUT2D eigenvalue weighted by Gasteiger charge is -2.13. The molecule has 0 saturated heterocycles. The summed E-state index contributed by atoms with van der Waals surface area (Å²) in [5.74, 6) is 1.89. The fourth-order valence-corrected chi connectivity index (χ4v) is 7.56. The van der Waals surface area contributed by atoms with Gasteiger partial charge in [-0.15, -0.1) is 0 Å². The zero-order valence-corrected chi connectivity index (χ0v) is 30.5. The molecule has 0 aliphatic heterocycles. The van der Waals surface area contributed by atoms with Crippen LogP contribution < -0.4 is 0 Å². The van der Waals surface area contributed by atoms with Gasteiger partial charge in [-0.2, -0.15) is 0 Å². The smallest absolute Gasteiger partial charge is 0.164 e. The zero-order valence-electron chi connectivity index (χ0n) is 30.5. The molecule has 1 heterocycles. The van der Waals surface area contributed by atoms with Gasteiger partial charge in [-0.1, -0.05) is 188 Å². The van der Waals surface area contributed by atoms with E-state index in [1.165, 1.54) is 38.2 Å². The highest BCUT2D eigenvalue weighted by Crippen LogP contribution is 2.36. The van der Waals surface area contributed by atoms with Gasteiger partial charge in [0.25, 0.3) is 0 Å². The number of hydrogen-bond donors (Lipinski definition) is 0. The second-order valence-electron chi connectivity index (χ2n) is 14.1. The summed E-state index contributed by atoms with van der Waals surface area (Å²) in [4.78, 5) is 15.5. The Morgan fingerprint density at radius 2 is 0.589 bits per heavy atom. The number of fused-ring (bicyclic) bond motifs is 2. The third-order valence-corrected chi connectivity index (χ3v) is 10.5. The number of benzene rings is 9. The van der Waals surface area contributed by atoms with Gasteiger partial charge in [-0.3, -0.25) is 0 Å². The van der Waals surface area contributed by atoms with Crippen LogP contribution in [0.1, 0.15) is 0 Å². The maximum Gasteiger partial charge on any atom is 0.164 e. The molecule has 10 rings (SSSR count). The Kier molecular flexibility index (Phi) is 8.51. The van der Waals surface area contributed by atoms with Crippen LogP contribution in [0.3, 0.4) is 0 Å². The molecule has 0 amide bonds. The Bertz CT molecular complexity index is 3010. The summed E-state index contributed by atoms with van der Waals surface area (Å²) in [6, 6.07) is 74.8. The summed E-state index contributed by atoms with van der Waals surface area (Å²) in [6.07, 6.45) is 0. The van der Waals surface area contributed by atoms with E-state index >= 15 is 0 Å². The van der Waals surface area contributed by atoms with Gasteiger partial charge < -0.3 is 0 Å². The van der Waals surface area contributed by atoms with Crippen molar-refractivity contribution in [3.05, 3.63) is 212 Å². The van der Waals surface area contributed by atoms with Gasteiger partial charge in [0.15, 0.2) is 17.5 Å². The average molecular weight is 714 g/mol. The first-order chi connectivity index (χ1) is 27.7. The van der Waals surface area contributed by atoms with Crippen molar-refractivity contribution >= 4 is 21.5 Å². The maximum absolute atomic E-state index is 5.19. The summed E-state index contributed by atoms with van der Waals surface area (Å²) in [7, 11) is 0. The normalized spacial score (nSPS) is 11.2. The summed E-state index contributed by atoms with van der Waals surface area (Å²) < 4.78 is 0. The molecular weight excluding hydrogens is 679 g/mol. The summed E-state index contributed by atoms with van der Waals surface area (Å²) >= 11 is 0. The van der Waals surface area contributed by atoms with Gasteiger partial charge in [0.2, 0.25) is 0 Å². The third-order valence-electron chi connectivity index (χ3n) is 10.5. The van der Waals surface area contributed by atoms with Crippen molar-refractivity contribution in [3.8, 4) is 78.7 Å². The van der Waals surface area contributed by atoms with Gasteiger partial charge >= 0.3 is 0 Å². The molecule has 0 aliphatic carbocycles. The molecular formula is C53H35N3. The molecule has 3 nitrogen and oxygen atoms in total. The van der Waals surface area contributed by atoms with Crippen molar-refractivity contribution in [1.82, 2.24) is 15.0 Å². The van der Waals surface area contributed by atoms with E-state index in [9.17, 15) is 0 Å². The first kappa shape index (κ1) is 33.1. The lowest BCUT2D eigenvalue weighted by atomic mass is 9.94. The number of nitrogens with zero attached hydrogens (tertiary/aromatic N) is 3. The molecule has 3 heteroatoms. The first-order valence-electron chi connectivity index (χ1n) is 18.9. The monoisotopic (exact) mass is 713 g/mol. The molecule has 1 aromatic heterocycles. The van der Waals surface area contributed by atoms with Crippen molar-refractivity contribution in [3.63, 3.8) is 0 Å². The number of aromatic nitrogens is 3. The van der Waals surface area contributed by atoms with Crippen LogP contribution in [0.5, 0.6) is 0 Å². The van der Waals surface area contributed by atoms with E-state index in [1.807, 2.05) is 12.1 Å². The fourth-order valence-electron chi connectivity index (χ4n) is 7.56. The standard InChI is InChI=1S/C53H35N3/c1-3-12-36(13-4-1)39-22-25-40(26-23-39)51-54-52(48-19-11-18-42(35-48)37-14-5-2-6-15-37)56-53(55-51)50-21-10-9-20-49(50)47-31-30-45-33-44(28-29-46(45)34-47)43-27-24-38-16-7-8-17-41(38)32-43/h1-35H. The molecule has 0 saturated carbocycles. The Morgan fingerprint density at radius 1 is 0.196 bits per heavy atom. The molecule has 0 atom stereocenters. The van der Waals surface area contributed by atoms with Crippen LogP contribution in [-0.4, -0.2) is 15.0 Å². The zero-order chi connectivity index (χ0) is 37.3. The Balaban J connectivity index is 1.07. The molecule has 56 heavy (non-hydrogen) atoms. The van der Waals surface area contributed by atoms with E-state index in [2.05, 4.69) is 200 Å². The molecule has 10 aromatic rings. The predicted molar refractivity (Wildman–Crippen MR) is 233 cm³/mol. The van der Waals surface area contributed by atoms with E-state index in [0.717, 1.165) is 44.5 Å². The topological polar surface area (TPSA) is 38.7 Å². The summed E-state index contributed by atoms with van der Waals surface area (Å²) in [5.41, 5.74) is 12.0. The third kappa shape index (κ3) is 6.52. The Morgan fingerprint density at radius 3 is 1.29 bits per heavy atom. The van der Waals surface area contributed by atoms with Gasteiger partial charge in [0.1, 0.15) is 0 Å². The van der Waals surface area contributed by atoms with Gasteiger partial charge in [0, 0.05) is 16.7 Å². The second-order valence-corrected chi connectivity index (χ2v) is 14.1. The van der Waals surface area contributed by atoms with Gasteiger partial charge in [-0.05, 0) is 90.3 Å². The molecule has 9 aromatic carbocycles. The highest BCUT2D eigenvalue weighted by molar-refractivity contribution is 5.94. The molecule has 0 aliphatic rings. The van der Waals surface area contributed by atoms with Crippen LogP contribution in [0.4, 0.5) is 0 Å². The van der Waals surface area contributed by atoms with Crippen LogP contribution >= 0.6 is 0 Å². The fraction of sp³-hybridized carbons (Fsp3) is 0. The minimum absolute atomic E-state index is 0.629. The quantitative estimate of drug-likeness (QED) is 0.165. The molecule has 262 valence electrons. The van der Waals surface area contributed by atoms with Crippen LogP contribution in [0, 0.1) is 0 Å². The van der Waals surface area contributed by atoms with Crippen LogP contribution in [0.15, 0.2) is 212 Å². The highest BCUT2D eigenvalue weighted by atomic mass is 15.0. The van der Waals surface area contributed by atoms with Crippen molar-refractivity contribution < 1.29 is 0 Å². The van der Waals surface area contributed by atoms with E-state index < -0.39 is 0 Å². The molecule has 0 spiro atoms. The maximum atomic E-state index is 5.19. The number of hydrogen-bond acceptors (Lipinski definition) is 3. The lowest BCUT2D eigenvalue weighted by molar-refractivity contribution is 1.07. The van der Waals surface area contributed by atoms with Crippen molar-refractivity contribution in [2.24, 2.45) is 0 Å². The minimum Gasteiger partial charge on any atom is -0.208 e. The van der Waals surface area contributed by atoms with Crippen molar-refractivity contribution in [2.75, 3.05) is 0 Å². The van der Waals surface area contributed by atoms with E-state index in [1.54, 1.807) is 0 Å². The summed E-state index contributed by atoms with van der Waals surface area (Å²) in [6.45, 7) is 0. The van der Waals surface area contributed by atoms with Gasteiger partial charge in [0.05, 0.1) is 0 Å². The molecule has 0 unspecified atom stereocenters. The largest absolute Gasteiger partial charge is 0.208 e. The molecule has 0 N–H and O–H groups in total. The Hall–Kier alpha value is -7.49. The molecule has 0 radical (unpaired) electrons. The van der Waals surface area contributed by atoms with Crippen LogP contribution in [0.2, 0.25) is 0 Å². The lowest BCUT2D eigenvalue weighted by Crippen LogP contribution is -2.01. The Labute approximate surface area is 326 Å². The minimum atomic E-state index is 0.629. The van der Waals surface area contributed by atoms with E-state index in [0.29, 0.717) is 17.5 Å². The number of rotatable bonds is 7. The predicted octanol–water partition coefficient (Wildman–Crippen LogP) is 13.8. The highest BCUT2D eigenvalue weighted by Gasteiger charge is 2.17. The van der Waals surface area contributed by atoms with Crippen LogP contribution in [-0.2, 0) is 0 Å². The summed E-state index contributed by atoms with van der Waals surface area (Å²) in [5, 5.41) is 4.86. The van der Waals surface area contributed by atoms with Crippen LogP contribution in [0.25, 0.3) is 100 Å². The van der Waals surface area contributed by atoms with E-state index in [-0.39, 0.29) is 0 Å².